The number of nitrogens with zero attached hydrogens (tertiary/aromatic N) is 3. The number of benzene rings is 1. The number of rotatable bonds is 12. The molecule has 1 aromatic carbocycles. The number of carbonyl (C=O) groups excluding carboxylic acids is 2. The molecule has 2 aliphatic heterocycles. The molecule has 9 nitrogen and oxygen atoms in total. The van der Waals surface area contributed by atoms with E-state index < -0.39 is 34.8 Å². The minimum atomic E-state index is -4.15. The fourth-order valence-electron chi connectivity index (χ4n) is 6.32. The van der Waals surface area contributed by atoms with Gasteiger partial charge in [-0.25, -0.2) is 12.8 Å². The number of hydrogen-bond acceptors (Lipinski definition) is 6. The van der Waals surface area contributed by atoms with E-state index in [1.807, 2.05) is 6.92 Å². The monoisotopic (exact) mass is 658 g/mol. The van der Waals surface area contributed by atoms with Gasteiger partial charge in [-0.1, -0.05) is 6.07 Å². The zero-order valence-electron chi connectivity index (χ0n) is 25.7. The van der Waals surface area contributed by atoms with E-state index in [1.165, 1.54) is 22.2 Å². The number of amides is 2. The second-order valence-corrected chi connectivity index (χ2v) is 13.9. The van der Waals surface area contributed by atoms with E-state index in [2.05, 4.69) is 5.32 Å². The molecule has 0 unspecified atom stereocenters. The Morgan fingerprint density at radius 2 is 1.87 bits per heavy atom. The van der Waals surface area contributed by atoms with Gasteiger partial charge in [0.1, 0.15) is 18.0 Å². The average molecular weight is 659 g/mol. The number of carbonyl (C=O) groups is 2. The molecule has 2 fully saturated rings. The summed E-state index contributed by atoms with van der Waals surface area (Å²) in [5, 5.41) is 4.04. The summed E-state index contributed by atoms with van der Waals surface area (Å²) in [6.45, 7) is 3.27. The lowest BCUT2D eigenvalue weighted by molar-refractivity contribution is -0.138. The molecule has 0 radical (unpaired) electrons. The molecular weight excluding hydrogens is 616 g/mol. The highest BCUT2D eigenvalue weighted by Gasteiger charge is 2.48. The number of piperidine rings is 1. The topological polar surface area (TPSA) is 108 Å². The third-order valence-corrected chi connectivity index (χ3v) is 10.6. The number of aliphatic imine (C=N–C) groups is 1. The molecule has 1 N–H and O–H groups in total. The van der Waals surface area contributed by atoms with Gasteiger partial charge in [-0.2, -0.15) is 17.5 Å². The van der Waals surface area contributed by atoms with Gasteiger partial charge in [0, 0.05) is 50.0 Å². The Bertz CT molecular complexity index is 1380. The summed E-state index contributed by atoms with van der Waals surface area (Å²) in [4.78, 5) is 31.4. The minimum Gasteiger partial charge on any atom is -0.377 e. The van der Waals surface area contributed by atoms with Crippen molar-refractivity contribution in [2.24, 2.45) is 16.8 Å². The number of sulfonamides is 1. The smallest absolute Gasteiger partial charge is 0.377 e. The Morgan fingerprint density at radius 3 is 2.47 bits per heavy atom. The third-order valence-electron chi connectivity index (χ3n) is 9.02. The maximum atomic E-state index is 13.2. The summed E-state index contributed by atoms with van der Waals surface area (Å²) >= 11 is 0. The van der Waals surface area contributed by atoms with Gasteiger partial charge < -0.3 is 15.0 Å². The molecule has 14 heteroatoms. The van der Waals surface area contributed by atoms with Crippen LogP contribution in [0, 0.1) is 18.8 Å². The summed E-state index contributed by atoms with van der Waals surface area (Å²) in [5.74, 6) is 0.152. The van der Waals surface area contributed by atoms with E-state index >= 15 is 0 Å². The fourth-order valence-corrected chi connectivity index (χ4v) is 7.50. The molecule has 4 rings (SSSR count). The highest BCUT2D eigenvalue weighted by Crippen LogP contribution is 2.38. The molecule has 0 bridgehead atoms. The van der Waals surface area contributed by atoms with E-state index in [4.69, 9.17) is 9.73 Å². The molecule has 250 valence electrons. The Balaban J connectivity index is 1.33. The fraction of sp³-hybridized carbons (Fsp3) is 0.645. The molecular formula is C31H42F4N4O5S. The average Bonchev–Trinajstić information content (AvgIpc) is 3.30. The summed E-state index contributed by atoms with van der Waals surface area (Å²) < 4.78 is 82.9. The molecule has 1 saturated heterocycles. The largest absolute Gasteiger partial charge is 0.389 e. The predicted octanol–water partition coefficient (Wildman–Crippen LogP) is 5.15. The number of ether oxygens (including phenoxy) is 1. The van der Waals surface area contributed by atoms with Crippen LogP contribution in [-0.4, -0.2) is 81.6 Å². The first-order valence-corrected chi connectivity index (χ1v) is 16.9. The van der Waals surface area contributed by atoms with Gasteiger partial charge in [-0.3, -0.25) is 14.6 Å². The van der Waals surface area contributed by atoms with Crippen LogP contribution in [0.4, 0.5) is 23.2 Å². The Kier molecular flexibility index (Phi) is 11.5. The molecule has 2 heterocycles. The van der Waals surface area contributed by atoms with Crippen molar-refractivity contribution in [1.82, 2.24) is 9.62 Å². The van der Waals surface area contributed by atoms with Crippen LogP contribution in [0.25, 0.3) is 6.08 Å². The number of hydrogen-bond donors (Lipinski definition) is 1. The molecule has 1 aromatic rings. The van der Waals surface area contributed by atoms with Gasteiger partial charge in [-0.15, -0.1) is 0 Å². The van der Waals surface area contributed by atoms with Crippen molar-refractivity contribution in [2.45, 2.75) is 76.9 Å². The van der Waals surface area contributed by atoms with Crippen LogP contribution in [0.2, 0.25) is 0 Å². The first kappa shape index (κ1) is 35.0. The Morgan fingerprint density at radius 1 is 1.18 bits per heavy atom. The van der Waals surface area contributed by atoms with Gasteiger partial charge in [0.05, 0.1) is 13.2 Å². The molecule has 45 heavy (non-hydrogen) atoms. The lowest BCUT2D eigenvalue weighted by atomic mass is 9.79. The van der Waals surface area contributed by atoms with Gasteiger partial charge in [-0.05, 0) is 87.1 Å². The van der Waals surface area contributed by atoms with Crippen molar-refractivity contribution in [2.75, 3.05) is 44.4 Å². The second-order valence-electron chi connectivity index (χ2n) is 12.1. The van der Waals surface area contributed by atoms with Crippen molar-refractivity contribution in [3.05, 3.63) is 34.7 Å². The molecule has 1 spiro atoms. The summed E-state index contributed by atoms with van der Waals surface area (Å²) in [7, 11) is -3.79. The first-order valence-electron chi connectivity index (χ1n) is 15.4. The lowest BCUT2D eigenvalue weighted by Crippen LogP contribution is -2.50. The number of amidine groups is 1. The maximum absolute atomic E-state index is 13.2. The quantitative estimate of drug-likeness (QED) is 0.247. The predicted molar refractivity (Wildman–Crippen MR) is 164 cm³/mol. The van der Waals surface area contributed by atoms with Crippen LogP contribution in [0.15, 0.2) is 28.6 Å². The Labute approximate surface area is 262 Å². The third kappa shape index (κ3) is 9.13. The molecule has 0 aromatic heterocycles. The first-order chi connectivity index (χ1) is 21.2. The molecule has 1 aliphatic carbocycles. The van der Waals surface area contributed by atoms with E-state index in [-0.39, 0.29) is 75.8 Å². The normalized spacial score (nSPS) is 22.5. The van der Waals surface area contributed by atoms with Crippen LogP contribution in [-0.2, 0) is 24.3 Å². The minimum absolute atomic E-state index is 0.00740. The van der Waals surface area contributed by atoms with Gasteiger partial charge in [0.15, 0.2) is 0 Å². The van der Waals surface area contributed by atoms with Crippen molar-refractivity contribution in [3.63, 3.8) is 0 Å². The summed E-state index contributed by atoms with van der Waals surface area (Å²) in [6, 6.07) is 5.21. The van der Waals surface area contributed by atoms with Crippen LogP contribution in [0.3, 0.4) is 0 Å². The van der Waals surface area contributed by atoms with Crippen LogP contribution in [0.1, 0.15) is 69.4 Å². The number of nitrogens with one attached hydrogen (secondary N) is 1. The number of anilines is 1. The van der Waals surface area contributed by atoms with E-state index in [0.717, 1.165) is 11.0 Å². The van der Waals surface area contributed by atoms with Gasteiger partial charge in [0.25, 0.3) is 5.91 Å². The van der Waals surface area contributed by atoms with Crippen LogP contribution in [0.5, 0.6) is 0 Å². The number of aryl methyl sites for hydroxylation is 1. The Hall–Kier alpha value is -2.84. The molecule has 3 aliphatic rings. The number of halogens is 4. The zero-order valence-corrected chi connectivity index (χ0v) is 26.6. The highest BCUT2D eigenvalue weighted by atomic mass is 32.2. The number of alkyl halides is 4. The summed E-state index contributed by atoms with van der Waals surface area (Å²) in [6.07, 6.45) is -0.154. The van der Waals surface area contributed by atoms with E-state index in [9.17, 15) is 35.6 Å². The lowest BCUT2D eigenvalue weighted by Gasteiger charge is -2.34. The molecule has 0 atom stereocenters. The standard InChI is InChI=1S/C31H42F4N4O5S/c1-22-21-27(39(23(2)40)17-19-44-18-14-32)8-7-25(22)10-20-45(42,43)38-15-12-30(13-16-38)29(41)36-28(37-30)26-5-3-24(4-6-26)9-11-31(33,34)35/h7-8,10,20-21,24,26H,3-6,9,11-19H2,1-2H3,(H,36,37,41). The van der Waals surface area contributed by atoms with Crippen molar-refractivity contribution >= 4 is 39.4 Å². The van der Waals surface area contributed by atoms with Crippen LogP contribution < -0.4 is 10.2 Å². The van der Waals surface area contributed by atoms with Crippen molar-refractivity contribution < 1.29 is 40.3 Å². The van der Waals surface area contributed by atoms with Crippen molar-refractivity contribution in [1.29, 1.82) is 0 Å². The van der Waals surface area contributed by atoms with Gasteiger partial charge in [0.2, 0.25) is 15.9 Å². The van der Waals surface area contributed by atoms with E-state index in [0.29, 0.717) is 42.8 Å². The highest BCUT2D eigenvalue weighted by molar-refractivity contribution is 7.92. The molecule has 2 amide bonds. The second kappa shape index (κ2) is 14.7. The summed E-state index contributed by atoms with van der Waals surface area (Å²) in [5.41, 5.74) is 1.01. The zero-order chi connectivity index (χ0) is 32.8. The van der Waals surface area contributed by atoms with E-state index in [1.54, 1.807) is 18.2 Å². The SMILES string of the molecule is CC(=O)N(CCOCCF)c1ccc(C=CS(=O)(=O)N2CCC3(CC2)N=C(C2CCC(CCC(F)(F)F)CC2)NC3=O)c(C)c1. The maximum Gasteiger partial charge on any atom is 0.389 e. The van der Waals surface area contributed by atoms with Crippen LogP contribution >= 0.6 is 0 Å². The van der Waals surface area contributed by atoms with Crippen molar-refractivity contribution in [3.8, 4) is 0 Å². The molecule has 1 saturated carbocycles. The van der Waals surface area contributed by atoms with Gasteiger partial charge >= 0.3 is 6.18 Å².